The van der Waals surface area contributed by atoms with Crippen LogP contribution in [0.15, 0.2) is 4.47 Å². The predicted octanol–water partition coefficient (Wildman–Crippen LogP) is 3.19. The molecule has 4 nitrogen and oxygen atoms in total. The quantitative estimate of drug-likeness (QED) is 0.893. The van der Waals surface area contributed by atoms with E-state index < -0.39 is 0 Å². The SMILES string of the molecule is CCn1nc(C)c(Br)c1CC(N)C1(OC)CCCCC1. The fraction of sp³-hybridized carbons (Fsp3) is 0.800. The number of nitrogens with two attached hydrogens (primary N) is 1. The average Bonchev–Trinajstić information content (AvgIpc) is 2.75. The molecule has 0 aliphatic heterocycles. The highest BCUT2D eigenvalue weighted by molar-refractivity contribution is 9.10. The second-order valence-electron chi connectivity index (χ2n) is 5.80. The Balaban J connectivity index is 2.20. The topological polar surface area (TPSA) is 53.1 Å². The first-order chi connectivity index (χ1) is 9.54. The van der Waals surface area contributed by atoms with Gasteiger partial charge >= 0.3 is 0 Å². The van der Waals surface area contributed by atoms with Crippen LogP contribution in [-0.2, 0) is 17.7 Å². The van der Waals surface area contributed by atoms with Crippen molar-refractivity contribution >= 4 is 15.9 Å². The third kappa shape index (κ3) is 2.95. The van der Waals surface area contributed by atoms with E-state index in [0.29, 0.717) is 0 Å². The van der Waals surface area contributed by atoms with Crippen LogP contribution in [0, 0.1) is 6.92 Å². The molecule has 0 bridgehead atoms. The Morgan fingerprint density at radius 1 is 1.40 bits per heavy atom. The van der Waals surface area contributed by atoms with Crippen LogP contribution in [-0.4, -0.2) is 28.5 Å². The number of aryl methyl sites for hydroxylation is 2. The molecule has 1 unspecified atom stereocenters. The summed E-state index contributed by atoms with van der Waals surface area (Å²) in [6, 6.07) is 0.0190. The number of rotatable bonds is 5. The van der Waals surface area contributed by atoms with Crippen LogP contribution in [0.25, 0.3) is 0 Å². The number of hydrogen-bond donors (Lipinski definition) is 1. The normalized spacial score (nSPS) is 20.1. The van der Waals surface area contributed by atoms with E-state index in [1.807, 2.05) is 18.7 Å². The minimum absolute atomic E-state index is 0.0190. The van der Waals surface area contributed by atoms with Crippen molar-refractivity contribution < 1.29 is 4.74 Å². The first kappa shape index (κ1) is 16.0. The van der Waals surface area contributed by atoms with E-state index in [-0.39, 0.29) is 11.6 Å². The summed E-state index contributed by atoms with van der Waals surface area (Å²) in [5.41, 5.74) is 8.61. The highest BCUT2D eigenvalue weighted by Gasteiger charge is 2.38. The number of ether oxygens (including phenoxy) is 1. The predicted molar refractivity (Wildman–Crippen MR) is 84.8 cm³/mol. The lowest BCUT2D eigenvalue weighted by molar-refractivity contribution is -0.0586. The number of aromatic nitrogens is 2. The molecule has 0 amide bonds. The molecule has 2 N–H and O–H groups in total. The van der Waals surface area contributed by atoms with Crippen molar-refractivity contribution in [2.24, 2.45) is 5.73 Å². The number of halogens is 1. The van der Waals surface area contributed by atoms with Crippen LogP contribution in [0.2, 0.25) is 0 Å². The third-order valence-electron chi connectivity index (χ3n) is 4.65. The standard InChI is InChI=1S/C15H26BrN3O/c1-4-19-12(14(16)11(2)18-19)10-13(17)15(20-3)8-6-5-7-9-15/h13H,4-10,17H2,1-3H3. The fourth-order valence-corrected chi connectivity index (χ4v) is 3.78. The third-order valence-corrected chi connectivity index (χ3v) is 5.68. The molecular formula is C15H26BrN3O. The molecule has 0 radical (unpaired) electrons. The van der Waals surface area contributed by atoms with Crippen LogP contribution < -0.4 is 5.73 Å². The van der Waals surface area contributed by atoms with E-state index in [1.165, 1.54) is 25.0 Å². The molecule has 1 atom stereocenters. The second-order valence-corrected chi connectivity index (χ2v) is 6.60. The molecule has 1 aromatic heterocycles. The van der Waals surface area contributed by atoms with Crippen LogP contribution in [0.5, 0.6) is 0 Å². The van der Waals surface area contributed by atoms with Crippen LogP contribution in [0.3, 0.4) is 0 Å². The van der Waals surface area contributed by atoms with E-state index >= 15 is 0 Å². The maximum absolute atomic E-state index is 6.54. The highest BCUT2D eigenvalue weighted by atomic mass is 79.9. The molecule has 0 aromatic carbocycles. The summed E-state index contributed by atoms with van der Waals surface area (Å²) < 4.78 is 9.00. The molecule has 1 aromatic rings. The summed E-state index contributed by atoms with van der Waals surface area (Å²) in [6.07, 6.45) is 6.68. The van der Waals surface area contributed by atoms with Crippen molar-refractivity contribution in [2.45, 2.75) is 70.6 Å². The summed E-state index contributed by atoms with van der Waals surface area (Å²) in [7, 11) is 1.81. The molecule has 2 rings (SSSR count). The van der Waals surface area contributed by atoms with E-state index in [2.05, 4.69) is 28.0 Å². The minimum atomic E-state index is -0.158. The lowest BCUT2D eigenvalue weighted by Crippen LogP contribution is -2.52. The minimum Gasteiger partial charge on any atom is -0.377 e. The Morgan fingerprint density at radius 2 is 2.05 bits per heavy atom. The maximum atomic E-state index is 6.54. The number of nitrogens with zero attached hydrogens (tertiary/aromatic N) is 2. The van der Waals surface area contributed by atoms with Gasteiger partial charge in [-0.3, -0.25) is 4.68 Å². The summed E-state index contributed by atoms with van der Waals surface area (Å²) in [4.78, 5) is 0. The van der Waals surface area contributed by atoms with Crippen LogP contribution in [0.4, 0.5) is 0 Å². The molecule has 20 heavy (non-hydrogen) atoms. The van der Waals surface area contributed by atoms with Crippen molar-refractivity contribution in [1.29, 1.82) is 0 Å². The molecule has 1 aliphatic rings. The van der Waals surface area contributed by atoms with Gasteiger partial charge in [-0.2, -0.15) is 5.10 Å². The van der Waals surface area contributed by atoms with Gasteiger partial charge in [0, 0.05) is 26.1 Å². The van der Waals surface area contributed by atoms with Gasteiger partial charge < -0.3 is 10.5 Å². The zero-order valence-electron chi connectivity index (χ0n) is 12.8. The molecule has 1 fully saturated rings. The zero-order chi connectivity index (χ0) is 14.8. The van der Waals surface area contributed by atoms with Crippen molar-refractivity contribution in [2.75, 3.05) is 7.11 Å². The van der Waals surface area contributed by atoms with E-state index in [9.17, 15) is 0 Å². The summed E-state index contributed by atoms with van der Waals surface area (Å²) in [5.74, 6) is 0. The van der Waals surface area contributed by atoms with Gasteiger partial charge in [0.05, 0.1) is 21.5 Å². The van der Waals surface area contributed by atoms with E-state index in [0.717, 1.165) is 36.0 Å². The smallest absolute Gasteiger partial charge is 0.0832 e. The first-order valence-electron chi connectivity index (χ1n) is 7.56. The van der Waals surface area contributed by atoms with Crippen LogP contribution in [0.1, 0.15) is 50.4 Å². The van der Waals surface area contributed by atoms with Gasteiger partial charge in [-0.05, 0) is 42.6 Å². The molecule has 0 saturated heterocycles. The van der Waals surface area contributed by atoms with Crippen molar-refractivity contribution in [3.8, 4) is 0 Å². The molecule has 114 valence electrons. The van der Waals surface area contributed by atoms with Gasteiger partial charge in [0.2, 0.25) is 0 Å². The van der Waals surface area contributed by atoms with E-state index in [4.69, 9.17) is 10.5 Å². The fourth-order valence-electron chi connectivity index (χ4n) is 3.33. The van der Waals surface area contributed by atoms with Gasteiger partial charge in [-0.25, -0.2) is 0 Å². The number of methoxy groups -OCH3 is 1. The van der Waals surface area contributed by atoms with Gasteiger partial charge in [0.25, 0.3) is 0 Å². The lowest BCUT2D eigenvalue weighted by Gasteiger charge is -2.40. The van der Waals surface area contributed by atoms with Gasteiger partial charge in [-0.15, -0.1) is 0 Å². The largest absolute Gasteiger partial charge is 0.377 e. The second kappa shape index (κ2) is 6.58. The molecule has 1 heterocycles. The summed E-state index contributed by atoms with van der Waals surface area (Å²) >= 11 is 3.65. The monoisotopic (exact) mass is 343 g/mol. The van der Waals surface area contributed by atoms with Crippen molar-refractivity contribution in [3.63, 3.8) is 0 Å². The summed E-state index contributed by atoms with van der Waals surface area (Å²) in [6.45, 7) is 5.01. The molecule has 5 heteroatoms. The zero-order valence-corrected chi connectivity index (χ0v) is 14.4. The van der Waals surface area contributed by atoms with Gasteiger partial charge in [0.15, 0.2) is 0 Å². The molecular weight excluding hydrogens is 318 g/mol. The average molecular weight is 344 g/mol. The Labute approximate surface area is 130 Å². The summed E-state index contributed by atoms with van der Waals surface area (Å²) in [5, 5.41) is 4.55. The van der Waals surface area contributed by atoms with Gasteiger partial charge in [0.1, 0.15) is 0 Å². The lowest BCUT2D eigenvalue weighted by atomic mass is 9.78. The van der Waals surface area contributed by atoms with Crippen molar-refractivity contribution in [3.05, 3.63) is 15.9 Å². The molecule has 0 spiro atoms. The molecule has 1 saturated carbocycles. The number of hydrogen-bond acceptors (Lipinski definition) is 3. The Kier molecular flexibility index (Phi) is 5.26. The first-order valence-corrected chi connectivity index (χ1v) is 8.36. The highest BCUT2D eigenvalue weighted by Crippen LogP contribution is 2.35. The maximum Gasteiger partial charge on any atom is 0.0832 e. The van der Waals surface area contributed by atoms with E-state index in [1.54, 1.807) is 0 Å². The Hall–Kier alpha value is -0.390. The van der Waals surface area contributed by atoms with Crippen LogP contribution >= 0.6 is 15.9 Å². The van der Waals surface area contributed by atoms with Gasteiger partial charge in [-0.1, -0.05) is 19.3 Å². The Bertz CT molecular complexity index is 452. The Morgan fingerprint density at radius 3 is 2.60 bits per heavy atom. The van der Waals surface area contributed by atoms with Crippen molar-refractivity contribution in [1.82, 2.24) is 9.78 Å². The molecule has 1 aliphatic carbocycles.